The van der Waals surface area contributed by atoms with Crippen LogP contribution in [-0.2, 0) is 6.18 Å². The summed E-state index contributed by atoms with van der Waals surface area (Å²) in [4.78, 5) is 21.0. The quantitative estimate of drug-likeness (QED) is 0.627. The van der Waals surface area contributed by atoms with Gasteiger partial charge < -0.3 is 4.42 Å². The average molecular weight is 285 g/mol. The molecule has 0 radical (unpaired) electrons. The summed E-state index contributed by atoms with van der Waals surface area (Å²) < 4.78 is 41.6. The van der Waals surface area contributed by atoms with E-state index in [9.17, 15) is 28.1 Å². The predicted octanol–water partition coefficient (Wildman–Crippen LogP) is 3.23. The van der Waals surface area contributed by atoms with Crippen molar-refractivity contribution in [2.45, 2.75) is 6.18 Å². The molecule has 0 saturated heterocycles. The van der Waals surface area contributed by atoms with Crippen molar-refractivity contribution in [1.82, 2.24) is 0 Å². The van der Waals surface area contributed by atoms with Crippen molar-refractivity contribution in [2.24, 2.45) is 0 Å². The lowest BCUT2D eigenvalue weighted by Gasteiger charge is -2.06. The zero-order chi connectivity index (χ0) is 14.9. The van der Waals surface area contributed by atoms with E-state index >= 15 is 0 Å². The molecule has 2 aromatic rings. The van der Waals surface area contributed by atoms with E-state index in [1.54, 1.807) is 0 Å². The van der Waals surface area contributed by atoms with Crippen LogP contribution < -0.4 is 5.63 Å². The largest absolute Gasteiger partial charge is 0.449 e. The Morgan fingerprint density at radius 3 is 2.15 bits per heavy atom. The zero-order valence-corrected chi connectivity index (χ0v) is 9.68. The highest BCUT2D eigenvalue weighted by Crippen LogP contribution is 2.31. The molecule has 0 N–H and O–H groups in total. The summed E-state index contributed by atoms with van der Waals surface area (Å²) in [5.74, 6) is -1.42. The van der Waals surface area contributed by atoms with E-state index in [-0.39, 0.29) is 16.8 Å². The van der Waals surface area contributed by atoms with Gasteiger partial charge in [-0.05, 0) is 29.3 Å². The molecule has 104 valence electrons. The minimum atomic E-state index is -4.78. The van der Waals surface area contributed by atoms with Gasteiger partial charge in [-0.15, -0.1) is 0 Å². The summed E-state index contributed by atoms with van der Waals surface area (Å²) in [6.45, 7) is 0. The maximum atomic E-state index is 12.5. The first-order chi connectivity index (χ1) is 9.27. The number of nitrogens with zero attached hydrogens (tertiary/aromatic N) is 1. The van der Waals surface area contributed by atoms with E-state index in [1.165, 1.54) is 12.1 Å². The number of non-ortho nitro benzene ring substituents is 1. The van der Waals surface area contributed by atoms with E-state index in [0.29, 0.717) is 6.07 Å². The Morgan fingerprint density at radius 2 is 1.65 bits per heavy atom. The van der Waals surface area contributed by atoms with Crippen LogP contribution in [0.25, 0.3) is 11.1 Å². The summed E-state index contributed by atoms with van der Waals surface area (Å²) in [6.07, 6.45) is -4.78. The van der Waals surface area contributed by atoms with Gasteiger partial charge in [-0.2, -0.15) is 13.2 Å². The number of rotatable bonds is 2. The number of nitro benzene ring substituents is 1. The van der Waals surface area contributed by atoms with Gasteiger partial charge in [0.25, 0.3) is 5.69 Å². The van der Waals surface area contributed by atoms with Crippen LogP contribution in [0.2, 0.25) is 0 Å². The SMILES string of the molecule is O=c1cc(-c2ccc([N+](=O)[O-])cc2)cc(C(F)(F)F)o1. The fourth-order valence-corrected chi connectivity index (χ4v) is 1.56. The van der Waals surface area contributed by atoms with E-state index < -0.39 is 22.5 Å². The molecule has 0 saturated carbocycles. The zero-order valence-electron chi connectivity index (χ0n) is 9.68. The first-order valence-corrected chi connectivity index (χ1v) is 5.24. The molecule has 1 aromatic carbocycles. The number of alkyl halides is 3. The maximum Gasteiger partial charge on any atom is 0.449 e. The third-order valence-electron chi connectivity index (χ3n) is 2.46. The van der Waals surface area contributed by atoms with Crippen LogP contribution in [0.15, 0.2) is 45.6 Å². The minimum Gasteiger partial charge on any atom is -0.418 e. The number of benzene rings is 1. The molecule has 0 bridgehead atoms. The third kappa shape index (κ3) is 2.85. The predicted molar refractivity (Wildman–Crippen MR) is 62.1 cm³/mol. The van der Waals surface area contributed by atoms with Gasteiger partial charge in [0.1, 0.15) is 0 Å². The van der Waals surface area contributed by atoms with Gasteiger partial charge in [0.2, 0.25) is 5.76 Å². The normalized spacial score (nSPS) is 11.3. The molecule has 8 heteroatoms. The fraction of sp³-hybridized carbons (Fsp3) is 0.0833. The van der Waals surface area contributed by atoms with Crippen LogP contribution in [0.4, 0.5) is 18.9 Å². The molecule has 1 heterocycles. The molecular weight excluding hydrogens is 279 g/mol. The van der Waals surface area contributed by atoms with Gasteiger partial charge >= 0.3 is 11.8 Å². The molecule has 0 unspecified atom stereocenters. The standard InChI is InChI=1S/C12H6F3NO4/c13-12(14,15)10-5-8(6-11(17)20-10)7-1-3-9(4-2-7)16(18)19/h1-6H. The highest BCUT2D eigenvalue weighted by molar-refractivity contribution is 5.64. The average Bonchev–Trinajstić information content (AvgIpc) is 2.37. The van der Waals surface area contributed by atoms with Crippen LogP contribution in [0.3, 0.4) is 0 Å². The monoisotopic (exact) mass is 285 g/mol. The van der Waals surface area contributed by atoms with Crippen molar-refractivity contribution >= 4 is 5.69 Å². The van der Waals surface area contributed by atoms with Crippen LogP contribution in [0.5, 0.6) is 0 Å². The van der Waals surface area contributed by atoms with Crippen molar-refractivity contribution < 1.29 is 22.5 Å². The highest BCUT2D eigenvalue weighted by atomic mass is 19.4. The molecule has 0 spiro atoms. The van der Waals surface area contributed by atoms with Gasteiger partial charge in [0.15, 0.2) is 0 Å². The number of halogens is 3. The molecule has 2 rings (SSSR count). The van der Waals surface area contributed by atoms with E-state index in [1.807, 2.05) is 0 Å². The summed E-state index contributed by atoms with van der Waals surface area (Å²) in [5, 5.41) is 10.5. The molecule has 0 atom stereocenters. The second-order valence-corrected chi connectivity index (χ2v) is 3.83. The van der Waals surface area contributed by atoms with Crippen molar-refractivity contribution in [3.05, 3.63) is 62.7 Å². The highest BCUT2D eigenvalue weighted by Gasteiger charge is 2.34. The Bertz CT molecular complexity index is 704. The van der Waals surface area contributed by atoms with Crippen molar-refractivity contribution in [2.75, 3.05) is 0 Å². The third-order valence-corrected chi connectivity index (χ3v) is 2.46. The Balaban J connectivity index is 2.50. The minimum absolute atomic E-state index is 0.0246. The second-order valence-electron chi connectivity index (χ2n) is 3.83. The molecule has 0 amide bonds. The molecule has 1 aromatic heterocycles. The summed E-state index contributed by atoms with van der Waals surface area (Å²) in [7, 11) is 0. The summed E-state index contributed by atoms with van der Waals surface area (Å²) in [5.41, 5.74) is -1.13. The van der Waals surface area contributed by atoms with Crippen LogP contribution in [0, 0.1) is 10.1 Å². The lowest BCUT2D eigenvalue weighted by molar-refractivity contribution is -0.384. The molecule has 0 fully saturated rings. The first kappa shape index (κ1) is 13.8. The van der Waals surface area contributed by atoms with Crippen LogP contribution in [0.1, 0.15) is 5.76 Å². The Hall–Kier alpha value is -2.64. The number of hydrogen-bond donors (Lipinski definition) is 0. The maximum absolute atomic E-state index is 12.5. The Kier molecular flexibility index (Phi) is 3.31. The van der Waals surface area contributed by atoms with Gasteiger partial charge in [-0.25, -0.2) is 4.79 Å². The van der Waals surface area contributed by atoms with E-state index in [4.69, 9.17) is 0 Å². The Labute approximate surface area is 109 Å². The van der Waals surface area contributed by atoms with E-state index in [2.05, 4.69) is 4.42 Å². The topological polar surface area (TPSA) is 73.3 Å². The fourth-order valence-electron chi connectivity index (χ4n) is 1.56. The summed E-state index contributed by atoms with van der Waals surface area (Å²) >= 11 is 0. The molecule has 0 aliphatic rings. The molecule has 0 aliphatic carbocycles. The van der Waals surface area contributed by atoms with Gasteiger partial charge in [0, 0.05) is 18.2 Å². The van der Waals surface area contributed by atoms with Gasteiger partial charge in [-0.3, -0.25) is 10.1 Å². The van der Waals surface area contributed by atoms with Crippen molar-refractivity contribution in [3.63, 3.8) is 0 Å². The first-order valence-electron chi connectivity index (χ1n) is 5.24. The second kappa shape index (κ2) is 4.80. The lowest BCUT2D eigenvalue weighted by atomic mass is 10.1. The van der Waals surface area contributed by atoms with Crippen molar-refractivity contribution in [3.8, 4) is 11.1 Å². The molecular formula is C12H6F3NO4. The van der Waals surface area contributed by atoms with Gasteiger partial charge in [0.05, 0.1) is 4.92 Å². The number of hydrogen-bond acceptors (Lipinski definition) is 4. The number of nitro groups is 1. The smallest absolute Gasteiger partial charge is 0.418 e. The van der Waals surface area contributed by atoms with Crippen LogP contribution >= 0.6 is 0 Å². The van der Waals surface area contributed by atoms with Crippen LogP contribution in [-0.4, -0.2) is 4.92 Å². The van der Waals surface area contributed by atoms with Crippen molar-refractivity contribution in [1.29, 1.82) is 0 Å². The summed E-state index contributed by atoms with van der Waals surface area (Å²) in [6, 6.07) is 6.34. The van der Waals surface area contributed by atoms with E-state index in [0.717, 1.165) is 18.2 Å². The molecule has 20 heavy (non-hydrogen) atoms. The molecule has 5 nitrogen and oxygen atoms in total. The molecule has 0 aliphatic heterocycles. The lowest BCUT2D eigenvalue weighted by Crippen LogP contribution is -2.10. The Morgan fingerprint density at radius 1 is 1.05 bits per heavy atom. The van der Waals surface area contributed by atoms with Gasteiger partial charge in [-0.1, -0.05) is 0 Å².